The van der Waals surface area contributed by atoms with Gasteiger partial charge in [-0.05, 0) is 67.0 Å². The van der Waals surface area contributed by atoms with E-state index in [1.54, 1.807) is 0 Å². The summed E-state index contributed by atoms with van der Waals surface area (Å²) in [5.74, 6) is 0. The largest absolute Gasteiger partial charge is 0.398 e. The van der Waals surface area contributed by atoms with E-state index in [0.29, 0.717) is 6.04 Å². The Morgan fingerprint density at radius 1 is 1.50 bits per heavy atom. The van der Waals surface area contributed by atoms with Gasteiger partial charge in [-0.3, -0.25) is 0 Å². The number of nitrogens with two attached hydrogens (primary N) is 1. The second-order valence-electron chi connectivity index (χ2n) is 5.32. The van der Waals surface area contributed by atoms with Crippen LogP contribution >= 0.6 is 15.9 Å². The van der Waals surface area contributed by atoms with Gasteiger partial charge in [-0.1, -0.05) is 0 Å². The van der Waals surface area contributed by atoms with Gasteiger partial charge in [0.2, 0.25) is 0 Å². The minimum atomic E-state index is 0.666. The zero-order chi connectivity index (χ0) is 13.3. The van der Waals surface area contributed by atoms with E-state index in [1.807, 2.05) is 6.07 Å². The molecule has 1 saturated heterocycles. The van der Waals surface area contributed by atoms with Crippen molar-refractivity contribution in [1.82, 2.24) is 4.90 Å². The van der Waals surface area contributed by atoms with E-state index in [-0.39, 0.29) is 0 Å². The molecule has 0 bridgehead atoms. The Kier molecular flexibility index (Phi) is 4.17. The molecule has 1 aliphatic rings. The molecule has 0 aromatic heterocycles. The van der Waals surface area contributed by atoms with Gasteiger partial charge in [0.1, 0.15) is 0 Å². The van der Waals surface area contributed by atoms with E-state index in [2.05, 4.69) is 52.8 Å². The van der Waals surface area contributed by atoms with Crippen LogP contribution in [-0.2, 0) is 0 Å². The summed E-state index contributed by atoms with van der Waals surface area (Å²) in [6, 6.07) is 4.83. The van der Waals surface area contributed by atoms with E-state index in [9.17, 15) is 0 Å². The molecule has 2 N–H and O–H groups in total. The first-order chi connectivity index (χ1) is 8.49. The van der Waals surface area contributed by atoms with Gasteiger partial charge >= 0.3 is 0 Å². The maximum atomic E-state index is 5.92. The van der Waals surface area contributed by atoms with Crippen LogP contribution in [0, 0.1) is 6.92 Å². The predicted octanol–water partition coefficient (Wildman–Crippen LogP) is 2.87. The van der Waals surface area contributed by atoms with E-state index < -0.39 is 0 Å². The van der Waals surface area contributed by atoms with Crippen LogP contribution in [0.4, 0.5) is 11.4 Å². The molecule has 3 nitrogen and oxygen atoms in total. The van der Waals surface area contributed by atoms with Crippen molar-refractivity contribution in [2.24, 2.45) is 0 Å². The molecule has 1 fully saturated rings. The van der Waals surface area contributed by atoms with Crippen molar-refractivity contribution in [2.45, 2.75) is 25.8 Å². The van der Waals surface area contributed by atoms with Crippen molar-refractivity contribution >= 4 is 27.3 Å². The van der Waals surface area contributed by atoms with Crippen molar-refractivity contribution < 1.29 is 0 Å². The van der Waals surface area contributed by atoms with E-state index in [1.165, 1.54) is 25.1 Å². The standard InChI is InChI=1S/C14H22BrN3/c1-10-7-14(12(15)8-13(10)16)18(3)9-11-5-4-6-17(11)2/h7-8,11H,4-6,9,16H2,1-3H3. The fourth-order valence-corrected chi connectivity index (χ4v) is 3.26. The molecule has 2 rings (SSSR count). The van der Waals surface area contributed by atoms with Crippen LogP contribution in [0.1, 0.15) is 18.4 Å². The van der Waals surface area contributed by atoms with Crippen LogP contribution in [-0.4, -0.2) is 38.1 Å². The summed E-state index contributed by atoms with van der Waals surface area (Å²) in [5, 5.41) is 0. The predicted molar refractivity (Wildman–Crippen MR) is 82.2 cm³/mol. The molecule has 1 aliphatic heterocycles. The number of nitrogens with zero attached hydrogens (tertiary/aromatic N) is 2. The first-order valence-corrected chi connectivity index (χ1v) is 7.25. The summed E-state index contributed by atoms with van der Waals surface area (Å²) in [7, 11) is 4.37. The summed E-state index contributed by atoms with van der Waals surface area (Å²) in [5.41, 5.74) is 9.13. The lowest BCUT2D eigenvalue weighted by molar-refractivity contribution is 0.314. The molecule has 100 valence electrons. The number of hydrogen-bond donors (Lipinski definition) is 1. The molecule has 0 saturated carbocycles. The minimum Gasteiger partial charge on any atom is -0.398 e. The maximum absolute atomic E-state index is 5.92. The Bertz CT molecular complexity index is 433. The number of likely N-dealkylation sites (tertiary alicyclic amines) is 1. The molecule has 0 radical (unpaired) electrons. The van der Waals surface area contributed by atoms with Crippen LogP contribution in [0.25, 0.3) is 0 Å². The van der Waals surface area contributed by atoms with Crippen molar-refractivity contribution in [2.75, 3.05) is 37.8 Å². The first-order valence-electron chi connectivity index (χ1n) is 6.46. The molecule has 1 atom stereocenters. The number of halogens is 1. The topological polar surface area (TPSA) is 32.5 Å². The highest BCUT2D eigenvalue weighted by Gasteiger charge is 2.22. The summed E-state index contributed by atoms with van der Waals surface area (Å²) >= 11 is 3.61. The second-order valence-corrected chi connectivity index (χ2v) is 6.17. The third-order valence-corrected chi connectivity index (χ3v) is 4.54. The van der Waals surface area contributed by atoms with Gasteiger partial charge in [0.15, 0.2) is 0 Å². The number of likely N-dealkylation sites (N-methyl/N-ethyl adjacent to an activating group) is 2. The number of rotatable bonds is 3. The van der Waals surface area contributed by atoms with E-state index in [4.69, 9.17) is 5.73 Å². The van der Waals surface area contributed by atoms with Gasteiger partial charge in [-0.2, -0.15) is 0 Å². The van der Waals surface area contributed by atoms with Gasteiger partial charge in [0, 0.05) is 29.8 Å². The van der Waals surface area contributed by atoms with Crippen molar-refractivity contribution in [3.05, 3.63) is 22.2 Å². The maximum Gasteiger partial charge on any atom is 0.0512 e. The highest BCUT2D eigenvalue weighted by atomic mass is 79.9. The molecule has 4 heteroatoms. The summed E-state index contributed by atoms with van der Waals surface area (Å²) < 4.78 is 1.08. The average Bonchev–Trinajstić information content (AvgIpc) is 2.69. The Labute approximate surface area is 118 Å². The fourth-order valence-electron chi connectivity index (χ4n) is 2.60. The second kappa shape index (κ2) is 5.49. The Morgan fingerprint density at radius 2 is 2.22 bits per heavy atom. The highest BCUT2D eigenvalue weighted by molar-refractivity contribution is 9.10. The molecule has 1 heterocycles. The van der Waals surface area contributed by atoms with Crippen molar-refractivity contribution in [3.8, 4) is 0 Å². The Hall–Kier alpha value is -0.740. The monoisotopic (exact) mass is 311 g/mol. The van der Waals surface area contributed by atoms with Crippen LogP contribution in [0.3, 0.4) is 0 Å². The summed E-state index contributed by atoms with van der Waals surface area (Å²) in [4.78, 5) is 4.78. The Morgan fingerprint density at radius 3 is 2.83 bits per heavy atom. The molecule has 0 spiro atoms. The average molecular weight is 312 g/mol. The minimum absolute atomic E-state index is 0.666. The molecule has 1 aromatic carbocycles. The zero-order valence-electron chi connectivity index (χ0n) is 11.4. The lowest BCUT2D eigenvalue weighted by Crippen LogP contribution is -2.36. The SMILES string of the molecule is Cc1cc(N(C)CC2CCCN2C)c(Br)cc1N. The first kappa shape index (κ1) is 13.7. The van der Waals surface area contributed by atoms with Crippen LogP contribution in [0.15, 0.2) is 16.6 Å². The van der Waals surface area contributed by atoms with Gasteiger partial charge in [0.25, 0.3) is 0 Å². The highest BCUT2D eigenvalue weighted by Crippen LogP contribution is 2.31. The van der Waals surface area contributed by atoms with Gasteiger partial charge in [0.05, 0.1) is 5.69 Å². The molecule has 18 heavy (non-hydrogen) atoms. The molecule has 0 amide bonds. The normalized spacial score (nSPS) is 20.3. The summed E-state index contributed by atoms with van der Waals surface area (Å²) in [6.45, 7) is 4.35. The number of hydrogen-bond acceptors (Lipinski definition) is 3. The van der Waals surface area contributed by atoms with Crippen LogP contribution in [0.2, 0.25) is 0 Å². The third-order valence-electron chi connectivity index (χ3n) is 3.90. The van der Waals surface area contributed by atoms with Crippen LogP contribution in [0.5, 0.6) is 0 Å². The third kappa shape index (κ3) is 2.81. The zero-order valence-corrected chi connectivity index (χ0v) is 13.0. The molecule has 1 aromatic rings. The van der Waals surface area contributed by atoms with Crippen molar-refractivity contribution in [1.29, 1.82) is 0 Å². The van der Waals surface area contributed by atoms with Gasteiger partial charge in [-0.25, -0.2) is 0 Å². The number of aryl methyl sites for hydroxylation is 1. The molecule has 1 unspecified atom stereocenters. The lowest BCUT2D eigenvalue weighted by Gasteiger charge is -2.28. The molecule has 0 aliphatic carbocycles. The quantitative estimate of drug-likeness (QED) is 0.871. The Balaban J connectivity index is 2.13. The van der Waals surface area contributed by atoms with Crippen molar-refractivity contribution in [3.63, 3.8) is 0 Å². The summed E-state index contributed by atoms with van der Waals surface area (Å²) in [6.07, 6.45) is 2.61. The molecular weight excluding hydrogens is 290 g/mol. The molecular formula is C14H22BrN3. The number of anilines is 2. The smallest absolute Gasteiger partial charge is 0.0512 e. The van der Waals surface area contributed by atoms with Gasteiger partial charge < -0.3 is 15.5 Å². The fraction of sp³-hybridized carbons (Fsp3) is 0.571. The lowest BCUT2D eigenvalue weighted by atomic mass is 10.1. The number of nitrogen functional groups attached to an aromatic ring is 1. The van der Waals surface area contributed by atoms with E-state index in [0.717, 1.165) is 22.3 Å². The number of benzene rings is 1. The van der Waals surface area contributed by atoms with Gasteiger partial charge in [-0.15, -0.1) is 0 Å². The van der Waals surface area contributed by atoms with Crippen LogP contribution < -0.4 is 10.6 Å². The van der Waals surface area contributed by atoms with E-state index >= 15 is 0 Å².